The molecule has 1 fully saturated rings. The zero-order chi connectivity index (χ0) is 20.2. The standard InChI is InChI=1S/C12H18BrN3O3.C7H14O/c1-7(17)10(14)3-4-15-11-9(12(18)19-2)5-8(13)6-16-11;1-8-7-5-3-2-4-6-7/h5-7,10,17H,3-4,14H2,1-2H3,(H,15,16);7H,2-6H2,1H3. The highest BCUT2D eigenvalue weighted by atomic mass is 79.9. The molecule has 0 spiro atoms. The van der Waals surface area contributed by atoms with E-state index in [1.165, 1.54) is 39.2 Å². The molecule has 0 aliphatic heterocycles. The third-order valence-electron chi connectivity index (χ3n) is 4.53. The van der Waals surface area contributed by atoms with E-state index in [0.29, 0.717) is 34.9 Å². The smallest absolute Gasteiger partial charge is 0.341 e. The fourth-order valence-electron chi connectivity index (χ4n) is 2.74. The van der Waals surface area contributed by atoms with Gasteiger partial charge in [-0.05, 0) is 48.2 Å². The monoisotopic (exact) mass is 445 g/mol. The molecular formula is C19H32BrN3O4. The van der Waals surface area contributed by atoms with Crippen LogP contribution in [0.25, 0.3) is 0 Å². The maximum absolute atomic E-state index is 11.6. The van der Waals surface area contributed by atoms with Crippen LogP contribution in [-0.4, -0.2) is 55.1 Å². The molecule has 0 saturated heterocycles. The molecule has 1 aliphatic rings. The van der Waals surface area contributed by atoms with Crippen LogP contribution in [0.3, 0.4) is 0 Å². The summed E-state index contributed by atoms with van der Waals surface area (Å²) in [6.07, 6.45) is 8.91. The summed E-state index contributed by atoms with van der Waals surface area (Å²) >= 11 is 3.25. The number of aromatic nitrogens is 1. The van der Waals surface area contributed by atoms with Gasteiger partial charge in [-0.25, -0.2) is 9.78 Å². The molecule has 4 N–H and O–H groups in total. The van der Waals surface area contributed by atoms with E-state index in [2.05, 4.69) is 26.2 Å². The lowest BCUT2D eigenvalue weighted by Gasteiger charge is -2.19. The minimum Gasteiger partial charge on any atom is -0.465 e. The van der Waals surface area contributed by atoms with Crippen molar-refractivity contribution >= 4 is 27.7 Å². The molecule has 27 heavy (non-hydrogen) atoms. The first-order valence-electron chi connectivity index (χ1n) is 9.33. The van der Waals surface area contributed by atoms with Gasteiger partial charge in [-0.15, -0.1) is 0 Å². The maximum atomic E-state index is 11.6. The molecule has 2 atom stereocenters. The number of anilines is 1. The summed E-state index contributed by atoms with van der Waals surface area (Å²) < 4.78 is 10.6. The molecule has 1 aliphatic carbocycles. The second-order valence-corrected chi connectivity index (χ2v) is 7.57. The molecule has 8 heteroatoms. The second-order valence-electron chi connectivity index (χ2n) is 6.66. The van der Waals surface area contributed by atoms with Gasteiger partial charge in [0.1, 0.15) is 11.4 Å². The fourth-order valence-corrected chi connectivity index (χ4v) is 3.08. The molecule has 7 nitrogen and oxygen atoms in total. The topological polar surface area (TPSA) is 107 Å². The van der Waals surface area contributed by atoms with Gasteiger partial charge in [-0.1, -0.05) is 19.3 Å². The largest absolute Gasteiger partial charge is 0.465 e. The van der Waals surface area contributed by atoms with E-state index in [1.807, 2.05) is 7.11 Å². The number of carbonyl (C=O) groups is 1. The minimum atomic E-state index is -0.570. The quantitative estimate of drug-likeness (QED) is 0.553. The first-order valence-corrected chi connectivity index (χ1v) is 10.1. The van der Waals surface area contributed by atoms with Gasteiger partial charge >= 0.3 is 5.97 Å². The highest BCUT2D eigenvalue weighted by molar-refractivity contribution is 9.10. The molecule has 1 aromatic heterocycles. The van der Waals surface area contributed by atoms with Crippen LogP contribution in [0, 0.1) is 0 Å². The molecule has 0 radical (unpaired) electrons. The van der Waals surface area contributed by atoms with Crippen molar-refractivity contribution in [2.24, 2.45) is 5.73 Å². The van der Waals surface area contributed by atoms with Gasteiger partial charge in [0.2, 0.25) is 0 Å². The number of pyridine rings is 1. The zero-order valence-electron chi connectivity index (χ0n) is 16.4. The van der Waals surface area contributed by atoms with Crippen molar-refractivity contribution in [3.63, 3.8) is 0 Å². The Morgan fingerprint density at radius 2 is 2.07 bits per heavy atom. The summed E-state index contributed by atoms with van der Waals surface area (Å²) in [5.74, 6) is -0.0241. The summed E-state index contributed by atoms with van der Waals surface area (Å²) in [5.41, 5.74) is 6.07. The summed E-state index contributed by atoms with van der Waals surface area (Å²) in [7, 11) is 3.13. The van der Waals surface area contributed by atoms with Gasteiger partial charge in [0.05, 0.1) is 19.3 Å². The summed E-state index contributed by atoms with van der Waals surface area (Å²) in [5, 5.41) is 12.3. The second kappa shape index (κ2) is 13.0. The Morgan fingerprint density at radius 1 is 1.41 bits per heavy atom. The van der Waals surface area contributed by atoms with Crippen molar-refractivity contribution in [1.82, 2.24) is 4.98 Å². The summed E-state index contributed by atoms with van der Waals surface area (Å²) in [6.45, 7) is 2.15. The zero-order valence-corrected chi connectivity index (χ0v) is 18.0. The Bertz CT molecular complexity index is 566. The van der Waals surface area contributed by atoms with Gasteiger partial charge in [-0.3, -0.25) is 0 Å². The average Bonchev–Trinajstić information content (AvgIpc) is 2.69. The van der Waals surface area contributed by atoms with Crippen molar-refractivity contribution < 1.29 is 19.4 Å². The van der Waals surface area contributed by atoms with Gasteiger partial charge < -0.3 is 25.6 Å². The van der Waals surface area contributed by atoms with E-state index in [4.69, 9.17) is 15.2 Å². The number of aliphatic hydroxyl groups is 1. The Hall–Kier alpha value is -1.22. The summed E-state index contributed by atoms with van der Waals surface area (Å²) in [6, 6.07) is 1.32. The van der Waals surface area contributed by atoms with Crippen molar-refractivity contribution in [2.75, 3.05) is 26.1 Å². The number of nitrogens with two attached hydrogens (primary N) is 1. The van der Waals surface area contributed by atoms with E-state index in [1.54, 1.807) is 19.2 Å². The first-order chi connectivity index (χ1) is 12.9. The van der Waals surface area contributed by atoms with E-state index >= 15 is 0 Å². The molecule has 0 bridgehead atoms. The van der Waals surface area contributed by atoms with E-state index in [9.17, 15) is 9.90 Å². The van der Waals surface area contributed by atoms with Crippen LogP contribution in [0.5, 0.6) is 0 Å². The Labute approximate surface area is 170 Å². The number of nitrogens with zero attached hydrogens (tertiary/aromatic N) is 1. The molecule has 1 saturated carbocycles. The number of nitrogens with one attached hydrogen (secondary N) is 1. The number of ether oxygens (including phenoxy) is 2. The van der Waals surface area contributed by atoms with Gasteiger partial charge in [0, 0.05) is 30.4 Å². The van der Waals surface area contributed by atoms with Crippen LogP contribution < -0.4 is 11.1 Å². The highest BCUT2D eigenvalue weighted by Gasteiger charge is 2.15. The Morgan fingerprint density at radius 3 is 2.59 bits per heavy atom. The lowest BCUT2D eigenvalue weighted by Crippen LogP contribution is -2.34. The van der Waals surface area contributed by atoms with Crippen LogP contribution in [-0.2, 0) is 9.47 Å². The van der Waals surface area contributed by atoms with Gasteiger partial charge in [-0.2, -0.15) is 0 Å². The van der Waals surface area contributed by atoms with Crippen LogP contribution >= 0.6 is 15.9 Å². The van der Waals surface area contributed by atoms with Crippen molar-refractivity contribution in [3.8, 4) is 0 Å². The van der Waals surface area contributed by atoms with E-state index in [-0.39, 0.29) is 6.04 Å². The molecule has 0 amide bonds. The van der Waals surface area contributed by atoms with Crippen molar-refractivity contribution in [3.05, 3.63) is 22.3 Å². The SMILES string of the molecule is COC(=O)c1cc(Br)cnc1NCCC(N)C(C)O.COC1CCCCC1. The number of methoxy groups -OCH3 is 2. The van der Waals surface area contributed by atoms with Crippen LogP contribution in [0.15, 0.2) is 16.7 Å². The third kappa shape index (κ3) is 9.01. The predicted octanol–water partition coefficient (Wildman–Crippen LogP) is 3.11. The lowest BCUT2D eigenvalue weighted by molar-refractivity contribution is 0.0601. The number of rotatable bonds is 7. The predicted molar refractivity (Wildman–Crippen MR) is 110 cm³/mol. The Balaban J connectivity index is 0.000000377. The van der Waals surface area contributed by atoms with Crippen LogP contribution in [0.4, 0.5) is 5.82 Å². The normalized spacial score (nSPS) is 16.7. The number of esters is 1. The molecule has 2 unspecified atom stereocenters. The summed E-state index contributed by atoms with van der Waals surface area (Å²) in [4.78, 5) is 15.7. The number of carbonyl (C=O) groups excluding carboxylic acids is 1. The number of aliphatic hydroxyl groups excluding tert-OH is 1. The number of halogens is 1. The molecule has 2 rings (SSSR count). The van der Waals surface area contributed by atoms with Gasteiger partial charge in [0.15, 0.2) is 0 Å². The Kier molecular flexibility index (Phi) is 11.5. The maximum Gasteiger partial charge on any atom is 0.341 e. The highest BCUT2D eigenvalue weighted by Crippen LogP contribution is 2.19. The van der Waals surface area contributed by atoms with Crippen LogP contribution in [0.2, 0.25) is 0 Å². The number of hydrogen-bond donors (Lipinski definition) is 3. The van der Waals surface area contributed by atoms with Gasteiger partial charge in [0.25, 0.3) is 0 Å². The molecule has 0 aromatic carbocycles. The van der Waals surface area contributed by atoms with E-state index < -0.39 is 12.1 Å². The molecular weight excluding hydrogens is 414 g/mol. The molecule has 154 valence electrons. The third-order valence-corrected chi connectivity index (χ3v) is 4.97. The average molecular weight is 446 g/mol. The van der Waals surface area contributed by atoms with Crippen molar-refractivity contribution in [2.45, 2.75) is 63.7 Å². The minimum absolute atomic E-state index is 0.315. The fraction of sp³-hybridized carbons (Fsp3) is 0.684. The van der Waals surface area contributed by atoms with Crippen LogP contribution in [0.1, 0.15) is 55.8 Å². The molecule has 1 aromatic rings. The van der Waals surface area contributed by atoms with E-state index in [0.717, 1.165) is 0 Å². The number of hydrogen-bond acceptors (Lipinski definition) is 7. The lowest BCUT2D eigenvalue weighted by atomic mass is 9.98. The first kappa shape index (κ1) is 23.8. The molecule has 1 heterocycles. The van der Waals surface area contributed by atoms with Crippen molar-refractivity contribution in [1.29, 1.82) is 0 Å².